The minimum Gasteiger partial charge on any atom is -0.481 e. The van der Waals surface area contributed by atoms with E-state index < -0.39 is 47.2 Å². The van der Waals surface area contributed by atoms with Gasteiger partial charge in [0.2, 0.25) is 0 Å². The first kappa shape index (κ1) is 27.5. The summed E-state index contributed by atoms with van der Waals surface area (Å²) in [7, 11) is 0. The third-order valence-electron chi connectivity index (χ3n) is 6.86. The highest BCUT2D eigenvalue weighted by Crippen LogP contribution is 2.44. The Hall–Kier alpha value is -3.04. The van der Waals surface area contributed by atoms with Gasteiger partial charge in [-0.15, -0.1) is 0 Å². The minimum atomic E-state index is -0.854. The second kappa shape index (κ2) is 10.1. The zero-order valence-electron chi connectivity index (χ0n) is 21.7. The van der Waals surface area contributed by atoms with Gasteiger partial charge in [0.05, 0.1) is 23.9 Å². The summed E-state index contributed by atoms with van der Waals surface area (Å²) in [6.45, 7) is 10.7. The number of aliphatic carboxylic acids is 2. The fourth-order valence-corrected chi connectivity index (χ4v) is 5.60. The summed E-state index contributed by atoms with van der Waals surface area (Å²) < 4.78 is 10.3. The molecule has 0 spiro atoms. The molecule has 2 saturated carbocycles. The Morgan fingerprint density at radius 2 is 0.944 bits per heavy atom. The molecular weight excluding hydrogens is 468 g/mol. The number of carbonyl (C=O) groups excluding carboxylic acids is 2. The molecule has 4 aliphatic rings. The molecule has 36 heavy (non-hydrogen) atoms. The van der Waals surface area contributed by atoms with Crippen LogP contribution in [0.3, 0.4) is 0 Å². The highest BCUT2D eigenvalue weighted by Gasteiger charge is 2.50. The monoisotopic (exact) mass is 506 g/mol. The average Bonchev–Trinajstić information content (AvgIpc) is 3.45. The molecule has 4 bridgehead atoms. The molecule has 0 aliphatic heterocycles. The Morgan fingerprint density at radius 1 is 0.639 bits per heavy atom. The molecular formula is C26H38N2O8. The van der Waals surface area contributed by atoms with Crippen LogP contribution in [0.15, 0.2) is 24.3 Å². The van der Waals surface area contributed by atoms with Crippen molar-refractivity contribution in [2.24, 2.45) is 35.5 Å². The number of carbonyl (C=O) groups is 4. The normalized spacial score (nSPS) is 33.5. The fourth-order valence-electron chi connectivity index (χ4n) is 5.60. The van der Waals surface area contributed by atoms with Crippen molar-refractivity contribution in [2.45, 2.75) is 77.7 Å². The molecule has 200 valence electrons. The minimum absolute atomic E-state index is 0.0347. The van der Waals surface area contributed by atoms with E-state index in [2.05, 4.69) is 10.6 Å². The molecule has 10 nitrogen and oxygen atoms in total. The van der Waals surface area contributed by atoms with E-state index in [0.29, 0.717) is 0 Å². The molecule has 0 radical (unpaired) electrons. The Kier molecular flexibility index (Phi) is 7.76. The van der Waals surface area contributed by atoms with Gasteiger partial charge < -0.3 is 30.3 Å². The number of allylic oxidation sites excluding steroid dienone is 2. The lowest BCUT2D eigenvalue weighted by Gasteiger charge is -2.27. The van der Waals surface area contributed by atoms with Gasteiger partial charge in [-0.2, -0.15) is 0 Å². The van der Waals surface area contributed by atoms with Crippen LogP contribution in [0.4, 0.5) is 9.59 Å². The van der Waals surface area contributed by atoms with Crippen molar-refractivity contribution in [1.29, 1.82) is 0 Å². The molecule has 8 atom stereocenters. The van der Waals surface area contributed by atoms with Crippen molar-refractivity contribution in [3.63, 3.8) is 0 Å². The Labute approximate surface area is 211 Å². The van der Waals surface area contributed by atoms with Crippen LogP contribution in [0.5, 0.6) is 0 Å². The molecule has 4 aliphatic carbocycles. The summed E-state index contributed by atoms with van der Waals surface area (Å²) in [5, 5.41) is 23.9. The number of carboxylic acid groups (broad SMARTS) is 2. The van der Waals surface area contributed by atoms with Crippen molar-refractivity contribution in [3.8, 4) is 0 Å². The van der Waals surface area contributed by atoms with Gasteiger partial charge in [-0.25, -0.2) is 9.59 Å². The Balaban J connectivity index is 0.000000201. The van der Waals surface area contributed by atoms with E-state index in [0.717, 1.165) is 12.8 Å². The second-order valence-corrected chi connectivity index (χ2v) is 12.0. The van der Waals surface area contributed by atoms with Gasteiger partial charge in [-0.1, -0.05) is 24.3 Å². The summed E-state index contributed by atoms with van der Waals surface area (Å²) in [6.07, 6.45) is 8.39. The smallest absolute Gasteiger partial charge is 0.407 e. The van der Waals surface area contributed by atoms with Crippen molar-refractivity contribution in [2.75, 3.05) is 0 Å². The van der Waals surface area contributed by atoms with Crippen LogP contribution in [0.1, 0.15) is 54.4 Å². The van der Waals surface area contributed by atoms with Crippen molar-refractivity contribution < 1.29 is 38.9 Å². The summed E-state index contributed by atoms with van der Waals surface area (Å²) in [6, 6.07) is -0.709. The molecule has 0 aromatic rings. The predicted molar refractivity (Wildman–Crippen MR) is 130 cm³/mol. The third kappa shape index (κ3) is 6.59. The molecule has 0 aromatic heterocycles. The first-order valence-electron chi connectivity index (χ1n) is 12.4. The predicted octanol–water partition coefficient (Wildman–Crippen LogP) is 3.57. The average molecular weight is 507 g/mol. The summed E-state index contributed by atoms with van der Waals surface area (Å²) in [4.78, 5) is 45.9. The second-order valence-electron chi connectivity index (χ2n) is 12.0. The number of rotatable bonds is 4. The molecule has 4 rings (SSSR count). The number of hydrogen-bond donors (Lipinski definition) is 4. The van der Waals surface area contributed by atoms with Crippen LogP contribution in [0.2, 0.25) is 0 Å². The van der Waals surface area contributed by atoms with Crippen molar-refractivity contribution >= 4 is 24.1 Å². The number of nitrogens with one attached hydrogen (secondary N) is 2. The van der Waals surface area contributed by atoms with Gasteiger partial charge in [-0.3, -0.25) is 9.59 Å². The van der Waals surface area contributed by atoms with Crippen LogP contribution < -0.4 is 10.6 Å². The molecule has 10 heteroatoms. The van der Waals surface area contributed by atoms with Gasteiger partial charge in [0.1, 0.15) is 11.2 Å². The van der Waals surface area contributed by atoms with E-state index >= 15 is 0 Å². The Bertz CT molecular complexity index is 869. The van der Waals surface area contributed by atoms with Crippen LogP contribution in [-0.2, 0) is 19.1 Å². The van der Waals surface area contributed by atoms with E-state index in [9.17, 15) is 29.4 Å². The summed E-state index contributed by atoms with van der Waals surface area (Å²) >= 11 is 0. The summed E-state index contributed by atoms with van der Waals surface area (Å²) in [5.74, 6) is -2.48. The van der Waals surface area contributed by atoms with E-state index in [1.54, 1.807) is 41.5 Å². The number of ether oxygens (including phenoxy) is 2. The SMILES string of the molecule is CC(C)(C)OC(=O)N[C@@H]1[C@H](C(=O)O)[C@H]2C=C[C@@H]1C2.CC(C)(C)OC(=O)N[C@H]1[C@@H](C(=O)O)[C@@H]2C=C[C@H]1C2. The van der Waals surface area contributed by atoms with Crippen LogP contribution >= 0.6 is 0 Å². The number of fused-ring (bicyclic) bond motifs is 4. The van der Waals surface area contributed by atoms with E-state index in [4.69, 9.17) is 9.47 Å². The number of amides is 2. The number of alkyl carbamates (subject to hydrolysis) is 2. The van der Waals surface area contributed by atoms with Gasteiger partial charge in [-0.05, 0) is 78.1 Å². The Morgan fingerprint density at radius 3 is 1.22 bits per heavy atom. The molecule has 4 N–H and O–H groups in total. The first-order valence-corrected chi connectivity index (χ1v) is 12.4. The zero-order chi connectivity index (χ0) is 27.0. The lowest BCUT2D eigenvalue weighted by molar-refractivity contribution is -0.144. The lowest BCUT2D eigenvalue weighted by Crippen LogP contribution is -2.47. The molecule has 2 amide bonds. The van der Waals surface area contributed by atoms with E-state index in [-0.39, 0.29) is 35.8 Å². The zero-order valence-corrected chi connectivity index (χ0v) is 21.7. The fraction of sp³-hybridized carbons (Fsp3) is 0.692. The first-order chi connectivity index (χ1) is 16.6. The quantitative estimate of drug-likeness (QED) is 0.423. The molecule has 0 aromatic carbocycles. The number of hydrogen-bond acceptors (Lipinski definition) is 6. The molecule has 2 fully saturated rings. The topological polar surface area (TPSA) is 151 Å². The summed E-state index contributed by atoms with van der Waals surface area (Å²) in [5.41, 5.74) is -1.15. The van der Waals surface area contributed by atoms with E-state index in [1.165, 1.54) is 0 Å². The van der Waals surface area contributed by atoms with Crippen LogP contribution in [0, 0.1) is 35.5 Å². The lowest BCUT2D eigenvalue weighted by atomic mass is 9.89. The molecule has 0 saturated heterocycles. The highest BCUT2D eigenvalue weighted by molar-refractivity contribution is 5.76. The molecule has 0 unspecified atom stereocenters. The number of carboxylic acids is 2. The van der Waals surface area contributed by atoms with Crippen LogP contribution in [0.25, 0.3) is 0 Å². The van der Waals surface area contributed by atoms with Crippen LogP contribution in [-0.4, -0.2) is 57.6 Å². The van der Waals surface area contributed by atoms with Crippen molar-refractivity contribution in [1.82, 2.24) is 10.6 Å². The highest BCUT2D eigenvalue weighted by atomic mass is 16.6. The van der Waals surface area contributed by atoms with Gasteiger partial charge in [0, 0.05) is 0 Å². The van der Waals surface area contributed by atoms with Gasteiger partial charge >= 0.3 is 24.1 Å². The van der Waals surface area contributed by atoms with Gasteiger partial charge in [0.25, 0.3) is 0 Å². The standard InChI is InChI=1S/2C13H19NO4/c2*1-13(2,3)18-12(17)14-10-8-5-4-7(6-8)9(10)11(15)16/h2*4-5,7-10H,6H2,1-3H3,(H,14,17)(H,15,16)/t2*7-,8+,9+,10-/m10/s1. The largest absolute Gasteiger partial charge is 0.481 e. The maximum Gasteiger partial charge on any atom is 0.407 e. The van der Waals surface area contributed by atoms with Crippen molar-refractivity contribution in [3.05, 3.63) is 24.3 Å². The maximum atomic E-state index is 11.7. The maximum absolute atomic E-state index is 11.7. The van der Waals surface area contributed by atoms with E-state index in [1.807, 2.05) is 24.3 Å². The third-order valence-corrected chi connectivity index (χ3v) is 6.86. The molecule has 0 heterocycles. The van der Waals surface area contributed by atoms with Gasteiger partial charge in [0.15, 0.2) is 0 Å².